The number of rotatable bonds is 5. The van der Waals surface area contributed by atoms with Crippen LogP contribution in [0.5, 0.6) is 40.2 Å². The van der Waals surface area contributed by atoms with Crippen LogP contribution in [-0.2, 0) is 6.42 Å². The van der Waals surface area contributed by atoms with Crippen LogP contribution in [-0.4, -0.2) is 32.7 Å². The van der Waals surface area contributed by atoms with Crippen molar-refractivity contribution in [2.45, 2.75) is 18.8 Å². The van der Waals surface area contributed by atoms with Gasteiger partial charge in [-0.1, -0.05) is 60.7 Å². The van der Waals surface area contributed by atoms with Crippen molar-refractivity contribution in [3.8, 4) is 40.2 Å². The molecule has 0 saturated carbocycles. The number of ether oxygens (including phenoxy) is 6. The maximum atomic E-state index is 11.5. The van der Waals surface area contributed by atoms with Crippen molar-refractivity contribution in [2.24, 2.45) is 0 Å². The predicted molar refractivity (Wildman–Crippen MR) is 157 cm³/mol. The zero-order valence-electron chi connectivity index (χ0n) is 23.1. The third-order valence-corrected chi connectivity index (χ3v) is 8.10. The second kappa shape index (κ2) is 9.14. The minimum absolute atomic E-state index is 0.0317. The summed E-state index contributed by atoms with van der Waals surface area (Å²) in [5.74, 6) is 3.43. The summed E-state index contributed by atoms with van der Waals surface area (Å²) in [6, 6.07) is 23.7. The molecular formula is C34H26O8. The van der Waals surface area contributed by atoms with Gasteiger partial charge < -0.3 is 37.9 Å². The van der Waals surface area contributed by atoms with Gasteiger partial charge in [-0.2, -0.15) is 0 Å². The van der Waals surface area contributed by atoms with Gasteiger partial charge in [0.05, 0.1) is 26.9 Å². The molecule has 0 saturated heterocycles. The lowest BCUT2D eigenvalue weighted by atomic mass is 9.98. The molecule has 1 N–H and O–H groups in total. The molecule has 8 nitrogen and oxygen atoms in total. The Morgan fingerprint density at radius 1 is 0.667 bits per heavy atom. The van der Waals surface area contributed by atoms with E-state index in [1.54, 1.807) is 14.2 Å². The van der Waals surface area contributed by atoms with Crippen LogP contribution in [0.3, 0.4) is 0 Å². The van der Waals surface area contributed by atoms with Crippen molar-refractivity contribution in [1.29, 1.82) is 0 Å². The molecule has 0 bridgehead atoms. The van der Waals surface area contributed by atoms with Crippen molar-refractivity contribution < 1.29 is 37.9 Å². The Morgan fingerprint density at radius 3 is 1.88 bits per heavy atom. The van der Waals surface area contributed by atoms with Crippen LogP contribution in [0.25, 0.3) is 32.5 Å². The quantitative estimate of drug-likeness (QED) is 0.219. The summed E-state index contributed by atoms with van der Waals surface area (Å²) in [5, 5.41) is 15.8. The average molecular weight is 563 g/mol. The highest BCUT2D eigenvalue weighted by Gasteiger charge is 2.49. The van der Waals surface area contributed by atoms with E-state index in [-0.39, 0.29) is 5.75 Å². The number of hydrogen-bond acceptors (Lipinski definition) is 8. The smallest absolute Gasteiger partial charge is 0.282 e. The van der Waals surface area contributed by atoms with Gasteiger partial charge in [-0.3, -0.25) is 0 Å². The van der Waals surface area contributed by atoms with Gasteiger partial charge in [0.2, 0.25) is 11.9 Å². The molecule has 3 heterocycles. The zero-order valence-corrected chi connectivity index (χ0v) is 23.1. The van der Waals surface area contributed by atoms with Crippen LogP contribution in [0.2, 0.25) is 0 Å². The predicted octanol–water partition coefficient (Wildman–Crippen LogP) is 7.29. The van der Waals surface area contributed by atoms with Gasteiger partial charge in [0, 0.05) is 17.2 Å². The summed E-state index contributed by atoms with van der Waals surface area (Å²) in [7, 11) is 4.70. The van der Waals surface area contributed by atoms with E-state index < -0.39 is 12.4 Å². The Kier molecular flexibility index (Phi) is 5.34. The zero-order chi connectivity index (χ0) is 28.5. The maximum Gasteiger partial charge on any atom is 0.282 e. The van der Waals surface area contributed by atoms with Crippen molar-refractivity contribution in [3.05, 3.63) is 89.7 Å². The number of benzene rings is 5. The van der Waals surface area contributed by atoms with Crippen LogP contribution < -0.4 is 28.4 Å². The van der Waals surface area contributed by atoms with Crippen LogP contribution in [0.4, 0.5) is 0 Å². The van der Waals surface area contributed by atoms with E-state index in [9.17, 15) is 5.11 Å². The molecule has 0 spiro atoms. The van der Waals surface area contributed by atoms with E-state index in [1.165, 1.54) is 7.11 Å². The molecule has 0 aliphatic carbocycles. The Bertz CT molecular complexity index is 2020. The maximum absolute atomic E-state index is 11.5. The second-order valence-corrected chi connectivity index (χ2v) is 10.3. The summed E-state index contributed by atoms with van der Waals surface area (Å²) < 4.78 is 42.9. The molecule has 42 heavy (non-hydrogen) atoms. The van der Waals surface area contributed by atoms with Gasteiger partial charge in [-0.25, -0.2) is 0 Å². The molecule has 0 amide bonds. The summed E-state index contributed by atoms with van der Waals surface area (Å²) in [5.41, 5.74) is 1.84. The molecule has 5 aromatic carbocycles. The van der Waals surface area contributed by atoms with Gasteiger partial charge in [0.15, 0.2) is 34.3 Å². The lowest BCUT2D eigenvalue weighted by Gasteiger charge is -2.30. The lowest BCUT2D eigenvalue weighted by molar-refractivity contribution is -0.0745. The van der Waals surface area contributed by atoms with Crippen LogP contribution in [0.15, 0.2) is 77.2 Å². The highest BCUT2D eigenvalue weighted by Crippen LogP contribution is 2.60. The molecule has 8 heteroatoms. The van der Waals surface area contributed by atoms with Gasteiger partial charge in [0.25, 0.3) is 6.29 Å². The van der Waals surface area contributed by atoms with Gasteiger partial charge >= 0.3 is 0 Å². The molecule has 2 atom stereocenters. The Labute approximate surface area is 240 Å². The van der Waals surface area contributed by atoms with Gasteiger partial charge in [-0.15, -0.1) is 0 Å². The molecule has 0 radical (unpaired) electrons. The van der Waals surface area contributed by atoms with Crippen molar-refractivity contribution in [3.63, 3.8) is 0 Å². The van der Waals surface area contributed by atoms with E-state index in [4.69, 9.17) is 32.8 Å². The molecule has 2 aliphatic rings. The van der Waals surface area contributed by atoms with Crippen molar-refractivity contribution in [1.82, 2.24) is 0 Å². The van der Waals surface area contributed by atoms with Crippen LogP contribution >= 0.6 is 0 Å². The Morgan fingerprint density at radius 2 is 1.26 bits per heavy atom. The number of methoxy groups -OCH3 is 3. The minimum Gasteiger partial charge on any atom is -0.504 e. The van der Waals surface area contributed by atoms with Crippen LogP contribution in [0, 0.1) is 0 Å². The highest BCUT2D eigenvalue weighted by molar-refractivity contribution is 6.14. The average Bonchev–Trinajstić information content (AvgIpc) is 3.56. The van der Waals surface area contributed by atoms with E-state index in [1.807, 2.05) is 60.7 Å². The number of aromatic hydroxyl groups is 1. The first-order valence-corrected chi connectivity index (χ1v) is 13.6. The number of fused-ring (bicyclic) bond motifs is 10. The van der Waals surface area contributed by atoms with Crippen molar-refractivity contribution in [2.75, 3.05) is 21.3 Å². The van der Waals surface area contributed by atoms with E-state index in [0.29, 0.717) is 57.5 Å². The summed E-state index contributed by atoms with van der Waals surface area (Å²) in [6.45, 7) is 0. The largest absolute Gasteiger partial charge is 0.504 e. The standard InChI is InChI=1S/C34H26O8/c1-36-18-14-12-17(13-15-18)16-23-26(35)24-29(37-2)25-31(33(38-3)30(24)39-23)42-34-32(25)40-27-21-10-6-4-8-19(21)20-9-5-7-11-22(20)28(27)41-34/h4-15,32,34-35H,16H2,1-3H3. The molecule has 1 aromatic heterocycles. The third kappa shape index (κ3) is 3.35. The van der Waals surface area contributed by atoms with E-state index in [2.05, 4.69) is 12.1 Å². The Balaban J connectivity index is 1.30. The SMILES string of the molecule is COc1ccc(Cc2oc3c(OC)c4c(c(OC)c3c2O)C2Oc3c(c5ccccc5c5ccccc35)OC2O4)cc1. The molecule has 0 fully saturated rings. The fourth-order valence-corrected chi connectivity index (χ4v) is 6.19. The first-order valence-electron chi connectivity index (χ1n) is 13.6. The fraction of sp³-hybridized carbons (Fsp3) is 0.176. The summed E-state index contributed by atoms with van der Waals surface area (Å²) in [6.07, 6.45) is -1.16. The monoisotopic (exact) mass is 562 g/mol. The summed E-state index contributed by atoms with van der Waals surface area (Å²) in [4.78, 5) is 0. The molecule has 210 valence electrons. The van der Waals surface area contributed by atoms with Crippen molar-refractivity contribution >= 4 is 32.5 Å². The minimum atomic E-state index is -0.813. The first kappa shape index (κ1) is 24.5. The lowest BCUT2D eigenvalue weighted by Crippen LogP contribution is -2.33. The van der Waals surface area contributed by atoms with Gasteiger partial charge in [-0.05, 0) is 28.5 Å². The molecule has 8 rings (SSSR count). The third-order valence-electron chi connectivity index (χ3n) is 8.10. The summed E-state index contributed by atoms with van der Waals surface area (Å²) >= 11 is 0. The molecule has 2 aliphatic heterocycles. The first-order chi connectivity index (χ1) is 20.6. The molecule has 6 aromatic rings. The van der Waals surface area contributed by atoms with E-state index in [0.717, 1.165) is 32.9 Å². The van der Waals surface area contributed by atoms with E-state index >= 15 is 0 Å². The fourth-order valence-electron chi connectivity index (χ4n) is 6.19. The topological polar surface area (TPSA) is 88.8 Å². The number of furan rings is 1. The van der Waals surface area contributed by atoms with Crippen LogP contribution in [0.1, 0.15) is 23.0 Å². The Hall–Kier alpha value is -5.24. The molecular weight excluding hydrogens is 536 g/mol. The second-order valence-electron chi connectivity index (χ2n) is 10.3. The number of hydrogen-bond donors (Lipinski definition) is 1. The highest BCUT2D eigenvalue weighted by atomic mass is 16.7. The van der Waals surface area contributed by atoms with Gasteiger partial charge in [0.1, 0.15) is 16.9 Å². The molecule has 2 unspecified atom stereocenters. The normalized spacial score (nSPS) is 16.7.